The third kappa shape index (κ3) is 3.60. The molecule has 0 saturated carbocycles. The summed E-state index contributed by atoms with van der Waals surface area (Å²) in [6.07, 6.45) is 0. The van der Waals surface area contributed by atoms with Gasteiger partial charge in [0.25, 0.3) is 0 Å². The lowest BCUT2D eigenvalue weighted by Gasteiger charge is -1.99. The van der Waals surface area contributed by atoms with Crippen molar-refractivity contribution in [1.29, 1.82) is 0 Å². The van der Waals surface area contributed by atoms with E-state index in [9.17, 15) is 4.79 Å². The molecule has 0 spiro atoms. The van der Waals surface area contributed by atoms with Crippen molar-refractivity contribution in [3.05, 3.63) is 34.3 Å². The molecule has 0 aliphatic rings. The van der Waals surface area contributed by atoms with Crippen LogP contribution in [0.5, 0.6) is 0 Å². The molecular formula is C11H15ClO. The van der Waals surface area contributed by atoms with Crippen LogP contribution in [0.25, 0.3) is 0 Å². The van der Waals surface area contributed by atoms with Crippen LogP contribution in [0.3, 0.4) is 0 Å². The van der Waals surface area contributed by atoms with Crippen molar-refractivity contribution < 1.29 is 4.79 Å². The first-order valence-electron chi connectivity index (χ1n) is 4.38. The molecule has 1 aromatic carbocycles. The smallest absolute Gasteiger partial charge is 0.161 e. The van der Waals surface area contributed by atoms with Gasteiger partial charge in [0.05, 0.1) is 5.02 Å². The summed E-state index contributed by atoms with van der Waals surface area (Å²) in [5.74, 6) is 0.00926. The molecule has 0 bridgehead atoms. The Labute approximate surface area is 84.7 Å². The fraction of sp³-hybridized carbons (Fsp3) is 0.364. The van der Waals surface area contributed by atoms with E-state index in [-0.39, 0.29) is 5.78 Å². The summed E-state index contributed by atoms with van der Waals surface area (Å²) in [5.41, 5.74) is 1.66. The molecule has 0 fully saturated rings. The maximum absolute atomic E-state index is 10.9. The van der Waals surface area contributed by atoms with Crippen molar-refractivity contribution in [1.82, 2.24) is 0 Å². The molecule has 1 nitrogen and oxygen atoms in total. The van der Waals surface area contributed by atoms with Crippen LogP contribution >= 0.6 is 11.6 Å². The summed E-state index contributed by atoms with van der Waals surface area (Å²) >= 11 is 5.80. The van der Waals surface area contributed by atoms with Crippen molar-refractivity contribution in [3.8, 4) is 0 Å². The number of benzene rings is 1. The van der Waals surface area contributed by atoms with Crippen molar-refractivity contribution in [2.24, 2.45) is 0 Å². The van der Waals surface area contributed by atoms with Crippen molar-refractivity contribution in [2.45, 2.75) is 27.7 Å². The standard InChI is InChI=1S/C9H9ClO.C2H6/c1-6-3-4-8(7(2)11)9(10)5-6;1-2/h3-5H,1-2H3;1-2H3. The summed E-state index contributed by atoms with van der Waals surface area (Å²) in [6, 6.07) is 5.42. The third-order valence-corrected chi connectivity index (χ3v) is 1.82. The van der Waals surface area contributed by atoms with Gasteiger partial charge < -0.3 is 0 Å². The molecule has 0 aromatic heterocycles. The lowest BCUT2D eigenvalue weighted by molar-refractivity contribution is 0.101. The highest BCUT2D eigenvalue weighted by molar-refractivity contribution is 6.33. The van der Waals surface area contributed by atoms with E-state index in [1.165, 1.54) is 6.92 Å². The number of halogens is 1. The summed E-state index contributed by atoms with van der Waals surface area (Å²) in [7, 11) is 0. The van der Waals surface area contributed by atoms with Gasteiger partial charge in [0.15, 0.2) is 5.78 Å². The zero-order chi connectivity index (χ0) is 10.4. The Morgan fingerprint density at radius 3 is 2.23 bits per heavy atom. The second-order valence-electron chi connectivity index (χ2n) is 2.54. The maximum Gasteiger partial charge on any atom is 0.161 e. The van der Waals surface area contributed by atoms with Gasteiger partial charge in [0, 0.05) is 5.56 Å². The van der Waals surface area contributed by atoms with Gasteiger partial charge in [-0.05, 0) is 31.5 Å². The van der Waals surface area contributed by atoms with E-state index in [2.05, 4.69) is 0 Å². The molecule has 0 radical (unpaired) electrons. The number of carbonyl (C=O) groups excluding carboxylic acids is 1. The number of rotatable bonds is 1. The Morgan fingerprint density at radius 1 is 1.31 bits per heavy atom. The lowest BCUT2D eigenvalue weighted by atomic mass is 10.1. The van der Waals surface area contributed by atoms with Gasteiger partial charge in [-0.25, -0.2) is 0 Å². The van der Waals surface area contributed by atoms with Crippen LogP contribution in [0, 0.1) is 6.92 Å². The van der Waals surface area contributed by atoms with E-state index >= 15 is 0 Å². The Hall–Kier alpha value is -0.820. The van der Waals surface area contributed by atoms with Crippen molar-refractivity contribution in [3.63, 3.8) is 0 Å². The van der Waals surface area contributed by atoms with E-state index in [1.807, 2.05) is 26.8 Å². The monoisotopic (exact) mass is 198 g/mol. The normalized spacial score (nSPS) is 8.69. The second-order valence-corrected chi connectivity index (χ2v) is 2.95. The second kappa shape index (κ2) is 5.76. The molecule has 2 heteroatoms. The average molecular weight is 199 g/mol. The minimum absolute atomic E-state index is 0.00926. The van der Waals surface area contributed by atoms with E-state index < -0.39 is 0 Å². The Bertz CT molecular complexity index is 292. The summed E-state index contributed by atoms with van der Waals surface area (Å²) in [6.45, 7) is 7.45. The molecule has 1 rings (SSSR count). The number of ketones is 1. The van der Waals surface area contributed by atoms with Crippen LogP contribution in [-0.2, 0) is 0 Å². The number of aryl methyl sites for hydroxylation is 1. The zero-order valence-electron chi connectivity index (χ0n) is 8.52. The topological polar surface area (TPSA) is 17.1 Å². The highest BCUT2D eigenvalue weighted by Gasteiger charge is 2.03. The predicted octanol–water partition coefficient (Wildman–Crippen LogP) is 3.88. The van der Waals surface area contributed by atoms with Crippen LogP contribution in [0.2, 0.25) is 5.02 Å². The van der Waals surface area contributed by atoms with Gasteiger partial charge in [0.1, 0.15) is 0 Å². The van der Waals surface area contributed by atoms with Gasteiger partial charge in [-0.1, -0.05) is 31.5 Å². The van der Waals surface area contributed by atoms with Crippen molar-refractivity contribution >= 4 is 17.4 Å². The molecule has 0 unspecified atom stereocenters. The zero-order valence-corrected chi connectivity index (χ0v) is 9.27. The molecule has 0 saturated heterocycles. The van der Waals surface area contributed by atoms with Crippen LogP contribution in [0.1, 0.15) is 36.7 Å². The number of hydrogen-bond acceptors (Lipinski definition) is 1. The maximum atomic E-state index is 10.9. The summed E-state index contributed by atoms with van der Waals surface area (Å²) in [5, 5.41) is 0.539. The van der Waals surface area contributed by atoms with Crippen molar-refractivity contribution in [2.75, 3.05) is 0 Å². The van der Waals surface area contributed by atoms with Crippen LogP contribution < -0.4 is 0 Å². The van der Waals surface area contributed by atoms with Crippen LogP contribution in [0.4, 0.5) is 0 Å². The fourth-order valence-corrected chi connectivity index (χ4v) is 1.27. The molecular weight excluding hydrogens is 184 g/mol. The highest BCUT2D eigenvalue weighted by atomic mass is 35.5. The van der Waals surface area contributed by atoms with E-state index in [0.717, 1.165) is 5.56 Å². The van der Waals surface area contributed by atoms with Gasteiger partial charge in [-0.15, -0.1) is 0 Å². The predicted molar refractivity (Wildman–Crippen MR) is 57.5 cm³/mol. The molecule has 13 heavy (non-hydrogen) atoms. The molecule has 1 aromatic rings. The van der Waals surface area contributed by atoms with Crippen LogP contribution in [0.15, 0.2) is 18.2 Å². The highest BCUT2D eigenvalue weighted by Crippen LogP contribution is 2.17. The minimum atomic E-state index is 0.00926. The van der Waals surface area contributed by atoms with E-state index in [1.54, 1.807) is 12.1 Å². The fourth-order valence-electron chi connectivity index (χ4n) is 0.906. The summed E-state index contributed by atoms with van der Waals surface area (Å²) in [4.78, 5) is 10.9. The first-order valence-corrected chi connectivity index (χ1v) is 4.76. The molecule has 0 amide bonds. The van der Waals surface area contributed by atoms with Gasteiger partial charge in [-0.3, -0.25) is 4.79 Å². The molecule has 0 atom stereocenters. The molecule has 0 aliphatic carbocycles. The number of Topliss-reactive ketones (excluding diaryl/α,β-unsaturated/α-hetero) is 1. The van der Waals surface area contributed by atoms with Gasteiger partial charge in [0.2, 0.25) is 0 Å². The lowest BCUT2D eigenvalue weighted by Crippen LogP contribution is -1.92. The largest absolute Gasteiger partial charge is 0.294 e. The van der Waals surface area contributed by atoms with Gasteiger partial charge >= 0.3 is 0 Å². The van der Waals surface area contributed by atoms with Gasteiger partial charge in [-0.2, -0.15) is 0 Å². The van der Waals surface area contributed by atoms with Crippen LogP contribution in [-0.4, -0.2) is 5.78 Å². The molecule has 72 valence electrons. The van der Waals surface area contributed by atoms with E-state index in [0.29, 0.717) is 10.6 Å². The first kappa shape index (κ1) is 12.2. The van der Waals surface area contributed by atoms with E-state index in [4.69, 9.17) is 11.6 Å². The Morgan fingerprint density at radius 2 is 1.85 bits per heavy atom. The molecule has 0 N–H and O–H groups in total. The number of carbonyl (C=O) groups is 1. The Balaban J connectivity index is 0.000000671. The SMILES string of the molecule is CC.CC(=O)c1ccc(C)cc1Cl. The number of hydrogen-bond donors (Lipinski definition) is 0. The quantitative estimate of drug-likeness (QED) is 0.626. The molecule has 0 aliphatic heterocycles. The molecule has 0 heterocycles. The first-order chi connectivity index (χ1) is 6.11. The third-order valence-electron chi connectivity index (χ3n) is 1.50. The summed E-state index contributed by atoms with van der Waals surface area (Å²) < 4.78 is 0. The average Bonchev–Trinajstić information content (AvgIpc) is 2.07. The minimum Gasteiger partial charge on any atom is -0.294 e. The Kier molecular flexibility index (Phi) is 5.40.